The maximum Gasteiger partial charge on any atom is 0.312 e. The molecular weight excluding hydrogens is 298 g/mol. The minimum atomic E-state index is -1.17. The minimum Gasteiger partial charge on any atom is -0.483 e. The van der Waals surface area contributed by atoms with Crippen LogP contribution < -0.4 is 15.8 Å². The monoisotopic (exact) mass is 315 g/mol. The van der Waals surface area contributed by atoms with Gasteiger partial charge in [-0.2, -0.15) is 0 Å². The van der Waals surface area contributed by atoms with Gasteiger partial charge in [-0.05, 0) is 26.8 Å². The second-order valence-electron chi connectivity index (χ2n) is 5.13. The Balaban J connectivity index is 3.01. The third-order valence-electron chi connectivity index (χ3n) is 2.80. The molecule has 1 aromatic rings. The summed E-state index contributed by atoms with van der Waals surface area (Å²) in [4.78, 5) is 22.0. The van der Waals surface area contributed by atoms with E-state index in [9.17, 15) is 14.9 Å². The summed E-state index contributed by atoms with van der Waals surface area (Å²) in [5, 5.41) is 14.0. The smallest absolute Gasteiger partial charge is 0.312 e. The summed E-state index contributed by atoms with van der Waals surface area (Å²) in [7, 11) is 0. The number of halogens is 1. The highest BCUT2D eigenvalue weighted by molar-refractivity contribution is 6.32. The highest BCUT2D eigenvalue weighted by Gasteiger charge is 2.33. The number of primary amides is 1. The summed E-state index contributed by atoms with van der Waals surface area (Å²) >= 11 is 5.92. The zero-order valence-corrected chi connectivity index (χ0v) is 12.8. The lowest BCUT2D eigenvalue weighted by Crippen LogP contribution is -2.59. The Hall–Kier alpha value is -1.86. The van der Waals surface area contributed by atoms with E-state index in [2.05, 4.69) is 5.32 Å². The standard InChI is InChI=1S/C13H18ClN3O4/c1-8(2)16-13(3,12(15)18)7-21-11-9(14)5-4-6-10(11)17(19)20/h4-6,8,16H,7H2,1-3H3,(H2,15,18). The van der Waals surface area contributed by atoms with Crippen LogP contribution >= 0.6 is 11.6 Å². The zero-order chi connectivity index (χ0) is 16.2. The lowest BCUT2D eigenvalue weighted by atomic mass is 10.0. The highest BCUT2D eigenvalue weighted by Crippen LogP contribution is 2.34. The van der Waals surface area contributed by atoms with Crippen molar-refractivity contribution >= 4 is 23.2 Å². The topological polar surface area (TPSA) is 107 Å². The Kier molecular flexibility index (Phi) is 5.51. The van der Waals surface area contributed by atoms with Gasteiger partial charge in [-0.3, -0.25) is 20.2 Å². The molecule has 7 nitrogen and oxygen atoms in total. The van der Waals surface area contributed by atoms with Gasteiger partial charge in [0.25, 0.3) is 0 Å². The number of nitro benzene ring substituents is 1. The molecule has 0 saturated heterocycles. The van der Waals surface area contributed by atoms with E-state index in [1.165, 1.54) is 18.2 Å². The third-order valence-corrected chi connectivity index (χ3v) is 3.10. The summed E-state index contributed by atoms with van der Waals surface area (Å²) in [5.74, 6) is -0.701. The summed E-state index contributed by atoms with van der Waals surface area (Å²) in [5.41, 5.74) is 3.94. The van der Waals surface area contributed by atoms with Crippen molar-refractivity contribution in [2.75, 3.05) is 6.61 Å². The molecule has 1 aromatic carbocycles. The predicted molar refractivity (Wildman–Crippen MR) is 79.5 cm³/mol. The van der Waals surface area contributed by atoms with E-state index in [0.717, 1.165) is 0 Å². The molecule has 21 heavy (non-hydrogen) atoms. The number of para-hydroxylation sites is 1. The van der Waals surface area contributed by atoms with Crippen molar-refractivity contribution in [2.45, 2.75) is 32.4 Å². The molecule has 1 amide bonds. The van der Waals surface area contributed by atoms with Crippen molar-refractivity contribution < 1.29 is 14.5 Å². The summed E-state index contributed by atoms with van der Waals surface area (Å²) in [6.45, 7) is 5.08. The molecule has 0 fully saturated rings. The molecule has 0 radical (unpaired) electrons. The van der Waals surface area contributed by atoms with Crippen molar-refractivity contribution in [3.8, 4) is 5.75 Å². The largest absolute Gasteiger partial charge is 0.483 e. The van der Waals surface area contributed by atoms with Crippen molar-refractivity contribution in [3.05, 3.63) is 33.3 Å². The first kappa shape index (κ1) is 17.2. The van der Waals surface area contributed by atoms with Gasteiger partial charge in [0.1, 0.15) is 12.1 Å². The van der Waals surface area contributed by atoms with Crippen LogP contribution in [0.15, 0.2) is 18.2 Å². The number of nitro groups is 1. The van der Waals surface area contributed by atoms with Crippen LogP contribution in [-0.2, 0) is 4.79 Å². The molecule has 0 bridgehead atoms. The lowest BCUT2D eigenvalue weighted by molar-refractivity contribution is -0.385. The van der Waals surface area contributed by atoms with Crippen LogP contribution in [0.2, 0.25) is 5.02 Å². The maximum atomic E-state index is 11.6. The molecule has 0 aliphatic carbocycles. The predicted octanol–water partition coefficient (Wildman–Crippen LogP) is 1.87. The lowest BCUT2D eigenvalue weighted by Gasteiger charge is -2.29. The molecule has 8 heteroatoms. The number of benzene rings is 1. The number of amides is 1. The number of nitrogens with one attached hydrogen (secondary N) is 1. The van der Waals surface area contributed by atoms with E-state index in [1.807, 2.05) is 13.8 Å². The fourth-order valence-electron chi connectivity index (χ4n) is 1.82. The first-order valence-electron chi connectivity index (χ1n) is 6.30. The third kappa shape index (κ3) is 4.30. The number of carbonyl (C=O) groups excluding carboxylic acids is 1. The van der Waals surface area contributed by atoms with Crippen molar-refractivity contribution in [3.63, 3.8) is 0 Å². The van der Waals surface area contributed by atoms with Crippen molar-refractivity contribution in [2.24, 2.45) is 5.73 Å². The number of rotatable bonds is 7. The number of carbonyl (C=O) groups is 1. The Bertz CT molecular complexity index is 550. The quantitative estimate of drug-likeness (QED) is 0.590. The van der Waals surface area contributed by atoms with Crippen LogP contribution in [0.1, 0.15) is 20.8 Å². The Morgan fingerprint density at radius 1 is 1.57 bits per heavy atom. The van der Waals surface area contributed by atoms with Crippen LogP contribution in [0, 0.1) is 10.1 Å². The highest BCUT2D eigenvalue weighted by atomic mass is 35.5. The fraction of sp³-hybridized carbons (Fsp3) is 0.462. The van der Waals surface area contributed by atoms with Gasteiger partial charge in [0.15, 0.2) is 0 Å². The first-order chi connectivity index (χ1) is 9.67. The van der Waals surface area contributed by atoms with Crippen LogP contribution in [-0.4, -0.2) is 29.0 Å². The molecule has 1 atom stereocenters. The van der Waals surface area contributed by atoms with Gasteiger partial charge in [0.2, 0.25) is 11.7 Å². The van der Waals surface area contributed by atoms with Gasteiger partial charge in [0.05, 0.1) is 9.95 Å². The number of hydrogen-bond acceptors (Lipinski definition) is 5. The molecule has 1 rings (SSSR count). The van der Waals surface area contributed by atoms with Crippen molar-refractivity contribution in [1.29, 1.82) is 0 Å². The van der Waals surface area contributed by atoms with Gasteiger partial charge >= 0.3 is 5.69 Å². The van der Waals surface area contributed by atoms with Gasteiger partial charge in [-0.25, -0.2) is 0 Å². The average Bonchev–Trinajstić information content (AvgIpc) is 2.35. The molecule has 0 aliphatic rings. The minimum absolute atomic E-state index is 0.0210. The summed E-state index contributed by atoms with van der Waals surface area (Å²) in [6, 6.07) is 4.18. The molecule has 3 N–H and O–H groups in total. The van der Waals surface area contributed by atoms with Crippen LogP contribution in [0.5, 0.6) is 5.75 Å². The van der Waals surface area contributed by atoms with E-state index in [4.69, 9.17) is 22.1 Å². The first-order valence-corrected chi connectivity index (χ1v) is 6.68. The average molecular weight is 316 g/mol. The normalized spacial score (nSPS) is 13.8. The van der Waals surface area contributed by atoms with E-state index in [0.29, 0.717) is 0 Å². The van der Waals surface area contributed by atoms with Gasteiger partial charge in [-0.15, -0.1) is 0 Å². The van der Waals surface area contributed by atoms with Crippen molar-refractivity contribution in [1.82, 2.24) is 5.32 Å². The second kappa shape index (κ2) is 6.73. The van der Waals surface area contributed by atoms with E-state index < -0.39 is 16.4 Å². The number of nitrogens with two attached hydrogens (primary N) is 1. The van der Waals surface area contributed by atoms with Crippen LogP contribution in [0.25, 0.3) is 0 Å². The molecule has 0 aliphatic heterocycles. The second-order valence-corrected chi connectivity index (χ2v) is 5.54. The molecule has 0 saturated carbocycles. The van der Waals surface area contributed by atoms with Gasteiger partial charge < -0.3 is 10.5 Å². The summed E-state index contributed by atoms with van der Waals surface area (Å²) < 4.78 is 5.42. The molecule has 0 spiro atoms. The maximum absolute atomic E-state index is 11.6. The summed E-state index contributed by atoms with van der Waals surface area (Å²) in [6.07, 6.45) is 0. The van der Waals surface area contributed by atoms with Gasteiger partial charge in [0, 0.05) is 12.1 Å². The Labute approximate surface area is 127 Å². The Morgan fingerprint density at radius 2 is 2.19 bits per heavy atom. The molecular formula is C13H18ClN3O4. The number of ether oxygens (including phenoxy) is 1. The number of hydrogen-bond donors (Lipinski definition) is 2. The molecule has 0 aromatic heterocycles. The SMILES string of the molecule is CC(C)NC(C)(COc1c(Cl)cccc1[N+](=O)[O-])C(N)=O. The van der Waals surface area contributed by atoms with E-state index in [-0.39, 0.29) is 29.1 Å². The molecule has 0 heterocycles. The molecule has 1 unspecified atom stereocenters. The van der Waals surface area contributed by atoms with Gasteiger partial charge in [-0.1, -0.05) is 17.7 Å². The van der Waals surface area contributed by atoms with E-state index in [1.54, 1.807) is 6.92 Å². The fourth-order valence-corrected chi connectivity index (χ4v) is 2.05. The Morgan fingerprint density at radius 3 is 2.67 bits per heavy atom. The van der Waals surface area contributed by atoms with Crippen LogP contribution in [0.4, 0.5) is 5.69 Å². The number of nitrogens with zero attached hydrogens (tertiary/aromatic N) is 1. The molecule has 116 valence electrons. The van der Waals surface area contributed by atoms with E-state index >= 15 is 0 Å². The van der Waals surface area contributed by atoms with Crippen LogP contribution in [0.3, 0.4) is 0 Å². The zero-order valence-electron chi connectivity index (χ0n) is 12.1.